The monoisotopic (exact) mass is 247 g/mol. The zero-order chi connectivity index (χ0) is 13.1. The van der Waals surface area contributed by atoms with Crippen molar-refractivity contribution >= 4 is 11.8 Å². The van der Waals surface area contributed by atoms with E-state index in [1.165, 1.54) is 0 Å². The Balaban J connectivity index is 2.20. The molecule has 1 aliphatic heterocycles. The van der Waals surface area contributed by atoms with Crippen molar-refractivity contribution in [2.24, 2.45) is 0 Å². The van der Waals surface area contributed by atoms with Crippen LogP contribution in [0.3, 0.4) is 0 Å². The quantitative estimate of drug-likeness (QED) is 0.885. The van der Waals surface area contributed by atoms with Crippen molar-refractivity contribution in [3.8, 4) is 0 Å². The van der Waals surface area contributed by atoms with E-state index >= 15 is 0 Å². The molecular formula is C14H17NO3. The van der Waals surface area contributed by atoms with Crippen LogP contribution in [0.15, 0.2) is 30.3 Å². The summed E-state index contributed by atoms with van der Waals surface area (Å²) in [7, 11) is 0. The number of ketones is 1. The average molecular weight is 247 g/mol. The molecule has 1 aliphatic rings. The molecule has 18 heavy (non-hydrogen) atoms. The summed E-state index contributed by atoms with van der Waals surface area (Å²) in [5.74, 6) is -0.871. The van der Waals surface area contributed by atoms with Crippen molar-refractivity contribution < 1.29 is 14.7 Å². The van der Waals surface area contributed by atoms with Gasteiger partial charge >= 0.3 is 5.97 Å². The smallest absolute Gasteiger partial charge is 0.321 e. The first-order valence-electron chi connectivity index (χ1n) is 6.15. The molecule has 1 heterocycles. The molecule has 0 amide bonds. The SMILES string of the molecule is C[C@H](c1ccccc1)N1CCC(=O)C[C@H]1C(=O)O. The van der Waals surface area contributed by atoms with E-state index in [0.717, 1.165) is 5.56 Å². The van der Waals surface area contributed by atoms with Crippen LogP contribution < -0.4 is 0 Å². The van der Waals surface area contributed by atoms with Crippen molar-refractivity contribution in [2.45, 2.75) is 31.8 Å². The maximum absolute atomic E-state index is 11.4. The Bertz CT molecular complexity index is 444. The molecule has 0 aromatic heterocycles. The summed E-state index contributed by atoms with van der Waals surface area (Å²) in [6.07, 6.45) is 0.563. The fourth-order valence-corrected chi connectivity index (χ4v) is 2.46. The number of Topliss-reactive ketones (excluding diaryl/α,β-unsaturated/α-hetero) is 1. The van der Waals surface area contributed by atoms with Crippen LogP contribution in [0.2, 0.25) is 0 Å². The Morgan fingerprint density at radius 2 is 2.06 bits per heavy atom. The fraction of sp³-hybridized carbons (Fsp3) is 0.429. The fourth-order valence-electron chi connectivity index (χ4n) is 2.46. The van der Waals surface area contributed by atoms with E-state index in [4.69, 9.17) is 0 Å². The normalized spacial score (nSPS) is 22.7. The van der Waals surface area contributed by atoms with Crippen molar-refractivity contribution in [3.63, 3.8) is 0 Å². The van der Waals surface area contributed by atoms with E-state index in [-0.39, 0.29) is 18.2 Å². The molecule has 0 radical (unpaired) electrons. The second-order valence-corrected chi connectivity index (χ2v) is 4.67. The highest BCUT2D eigenvalue weighted by Gasteiger charge is 2.35. The number of carbonyl (C=O) groups excluding carboxylic acids is 1. The standard InChI is InChI=1S/C14H17NO3/c1-10(11-5-3-2-4-6-11)15-8-7-12(16)9-13(15)14(17)18/h2-6,10,13H,7-9H2,1H3,(H,17,18)/t10-,13+/m1/s1. The van der Waals surface area contributed by atoms with Gasteiger partial charge in [-0.2, -0.15) is 0 Å². The van der Waals surface area contributed by atoms with Crippen LogP contribution in [0, 0.1) is 0 Å². The molecule has 1 N–H and O–H groups in total. The summed E-state index contributed by atoms with van der Waals surface area (Å²) in [5, 5.41) is 9.23. The number of benzene rings is 1. The first kappa shape index (κ1) is 12.8. The zero-order valence-corrected chi connectivity index (χ0v) is 10.4. The van der Waals surface area contributed by atoms with Gasteiger partial charge in [-0.15, -0.1) is 0 Å². The lowest BCUT2D eigenvalue weighted by atomic mass is 9.96. The lowest BCUT2D eigenvalue weighted by molar-refractivity contribution is -0.148. The summed E-state index contributed by atoms with van der Waals surface area (Å²) in [4.78, 5) is 24.5. The van der Waals surface area contributed by atoms with Crippen LogP contribution in [0.1, 0.15) is 31.4 Å². The van der Waals surface area contributed by atoms with Gasteiger partial charge in [0.15, 0.2) is 0 Å². The van der Waals surface area contributed by atoms with Gasteiger partial charge in [0.2, 0.25) is 0 Å². The number of carboxylic acid groups (broad SMARTS) is 1. The minimum atomic E-state index is -0.911. The van der Waals surface area contributed by atoms with Gasteiger partial charge in [0.05, 0.1) is 0 Å². The summed E-state index contributed by atoms with van der Waals surface area (Å²) in [5.41, 5.74) is 1.08. The number of carbonyl (C=O) groups is 2. The number of piperidine rings is 1. The predicted octanol–water partition coefficient (Wildman–Crippen LogP) is 1.87. The third kappa shape index (κ3) is 2.59. The third-order valence-corrected chi connectivity index (χ3v) is 3.53. The Hall–Kier alpha value is -1.68. The molecular weight excluding hydrogens is 230 g/mol. The highest BCUT2D eigenvalue weighted by atomic mass is 16.4. The van der Waals surface area contributed by atoms with Crippen molar-refractivity contribution in [1.29, 1.82) is 0 Å². The van der Waals surface area contributed by atoms with Gasteiger partial charge in [-0.1, -0.05) is 30.3 Å². The zero-order valence-electron chi connectivity index (χ0n) is 10.4. The maximum Gasteiger partial charge on any atom is 0.321 e. The van der Waals surface area contributed by atoms with Crippen molar-refractivity contribution in [3.05, 3.63) is 35.9 Å². The number of hydrogen-bond acceptors (Lipinski definition) is 3. The molecule has 1 aromatic carbocycles. The van der Waals surface area contributed by atoms with E-state index in [1.54, 1.807) is 0 Å². The largest absolute Gasteiger partial charge is 0.480 e. The second-order valence-electron chi connectivity index (χ2n) is 4.67. The Kier molecular flexibility index (Phi) is 3.77. The molecule has 1 fully saturated rings. The molecule has 1 saturated heterocycles. The lowest BCUT2D eigenvalue weighted by Crippen LogP contribution is -2.48. The van der Waals surface area contributed by atoms with Gasteiger partial charge in [0, 0.05) is 25.4 Å². The number of likely N-dealkylation sites (tertiary alicyclic amines) is 1. The van der Waals surface area contributed by atoms with Crippen LogP contribution in [0.4, 0.5) is 0 Å². The second kappa shape index (κ2) is 5.31. The maximum atomic E-state index is 11.4. The van der Waals surface area contributed by atoms with Gasteiger partial charge in [-0.05, 0) is 12.5 Å². The van der Waals surface area contributed by atoms with Crippen LogP contribution >= 0.6 is 0 Å². The molecule has 0 spiro atoms. The number of carboxylic acids is 1. The van der Waals surface area contributed by atoms with E-state index in [1.807, 2.05) is 42.2 Å². The number of hydrogen-bond donors (Lipinski definition) is 1. The molecule has 0 aliphatic carbocycles. The topological polar surface area (TPSA) is 57.6 Å². The molecule has 1 aromatic rings. The van der Waals surface area contributed by atoms with Crippen molar-refractivity contribution in [2.75, 3.05) is 6.54 Å². The molecule has 2 rings (SSSR count). The number of nitrogens with zero attached hydrogens (tertiary/aromatic N) is 1. The van der Waals surface area contributed by atoms with Crippen LogP contribution in [-0.4, -0.2) is 34.3 Å². The highest BCUT2D eigenvalue weighted by molar-refractivity contribution is 5.87. The first-order valence-corrected chi connectivity index (χ1v) is 6.15. The summed E-state index contributed by atoms with van der Waals surface area (Å²) in [6.45, 7) is 2.51. The lowest BCUT2D eigenvalue weighted by Gasteiger charge is -2.37. The number of aliphatic carboxylic acids is 1. The van der Waals surface area contributed by atoms with Gasteiger partial charge < -0.3 is 5.11 Å². The van der Waals surface area contributed by atoms with E-state index in [0.29, 0.717) is 13.0 Å². The first-order chi connectivity index (χ1) is 8.59. The van der Waals surface area contributed by atoms with E-state index in [9.17, 15) is 14.7 Å². The highest BCUT2D eigenvalue weighted by Crippen LogP contribution is 2.27. The molecule has 4 heteroatoms. The van der Waals surface area contributed by atoms with Gasteiger partial charge in [-0.3, -0.25) is 14.5 Å². The van der Waals surface area contributed by atoms with E-state index < -0.39 is 12.0 Å². The van der Waals surface area contributed by atoms with Crippen LogP contribution in [0.5, 0.6) is 0 Å². The van der Waals surface area contributed by atoms with Crippen LogP contribution in [0.25, 0.3) is 0 Å². The number of rotatable bonds is 3. The summed E-state index contributed by atoms with van der Waals surface area (Å²) in [6, 6.07) is 9.11. The Labute approximate surface area is 106 Å². The molecule has 2 atom stereocenters. The summed E-state index contributed by atoms with van der Waals surface area (Å²) < 4.78 is 0. The minimum absolute atomic E-state index is 0.0143. The third-order valence-electron chi connectivity index (χ3n) is 3.53. The average Bonchev–Trinajstić information content (AvgIpc) is 2.39. The van der Waals surface area contributed by atoms with E-state index in [2.05, 4.69) is 0 Å². The minimum Gasteiger partial charge on any atom is -0.480 e. The molecule has 0 saturated carbocycles. The molecule has 0 bridgehead atoms. The summed E-state index contributed by atoms with van der Waals surface area (Å²) >= 11 is 0. The van der Waals surface area contributed by atoms with Gasteiger partial charge in [-0.25, -0.2) is 0 Å². The van der Waals surface area contributed by atoms with Crippen molar-refractivity contribution in [1.82, 2.24) is 4.90 Å². The van der Waals surface area contributed by atoms with Gasteiger partial charge in [0.1, 0.15) is 11.8 Å². The predicted molar refractivity (Wildman–Crippen MR) is 67.2 cm³/mol. The molecule has 96 valence electrons. The molecule has 4 nitrogen and oxygen atoms in total. The van der Waals surface area contributed by atoms with Gasteiger partial charge in [0.25, 0.3) is 0 Å². The molecule has 0 unspecified atom stereocenters. The Morgan fingerprint density at radius 1 is 1.39 bits per heavy atom. The van der Waals surface area contributed by atoms with Crippen LogP contribution in [-0.2, 0) is 9.59 Å². The Morgan fingerprint density at radius 3 is 2.67 bits per heavy atom.